The average molecular weight is 212 g/mol. The molecule has 0 aliphatic heterocycles. The molecule has 2 rings (SSSR count). The molecule has 1 nitrogen and oxygen atoms in total. The molecular formula is C10H10ClNS. The molecule has 0 saturated carbocycles. The van der Waals surface area contributed by atoms with Crippen molar-refractivity contribution in [3.63, 3.8) is 0 Å². The van der Waals surface area contributed by atoms with E-state index in [1.807, 2.05) is 0 Å². The molecule has 0 aliphatic carbocycles. The van der Waals surface area contributed by atoms with Crippen LogP contribution in [0, 0.1) is 0 Å². The lowest BCUT2D eigenvalue weighted by atomic mass is 10.1. The van der Waals surface area contributed by atoms with E-state index in [-0.39, 0.29) is 0 Å². The zero-order valence-electron chi connectivity index (χ0n) is 7.38. The number of benzene rings is 1. The Bertz CT molecular complexity index is 422. The average Bonchev–Trinajstić information content (AvgIpc) is 2.47. The van der Waals surface area contributed by atoms with E-state index in [0.29, 0.717) is 4.47 Å². The molecule has 3 heteroatoms. The van der Waals surface area contributed by atoms with Crippen molar-refractivity contribution in [1.29, 1.82) is 0 Å². The monoisotopic (exact) mass is 211 g/mol. The first kappa shape index (κ1) is 8.97. The van der Waals surface area contributed by atoms with Gasteiger partial charge in [-0.25, -0.2) is 4.98 Å². The van der Waals surface area contributed by atoms with Crippen LogP contribution in [-0.2, 0) is 6.42 Å². The summed E-state index contributed by atoms with van der Waals surface area (Å²) in [4.78, 5) is 4.32. The normalized spacial score (nSPS) is 10.9. The van der Waals surface area contributed by atoms with Crippen LogP contribution >= 0.6 is 22.9 Å². The second kappa shape index (κ2) is 3.64. The van der Waals surface area contributed by atoms with Crippen LogP contribution in [-0.4, -0.2) is 4.98 Å². The van der Waals surface area contributed by atoms with Gasteiger partial charge in [-0.15, -0.1) is 11.3 Å². The number of aromatic nitrogens is 1. The maximum Gasteiger partial charge on any atom is 0.184 e. The van der Waals surface area contributed by atoms with Crippen LogP contribution in [0.5, 0.6) is 0 Å². The van der Waals surface area contributed by atoms with Crippen molar-refractivity contribution in [2.75, 3.05) is 0 Å². The number of nitrogens with zero attached hydrogens (tertiary/aromatic N) is 1. The molecule has 0 unspecified atom stereocenters. The third-order valence-electron chi connectivity index (χ3n) is 2.00. The zero-order valence-corrected chi connectivity index (χ0v) is 8.95. The van der Waals surface area contributed by atoms with Crippen LogP contribution in [0.1, 0.15) is 18.9 Å². The van der Waals surface area contributed by atoms with Crippen LogP contribution in [0.3, 0.4) is 0 Å². The molecule has 0 atom stereocenters. The van der Waals surface area contributed by atoms with Crippen molar-refractivity contribution in [2.24, 2.45) is 0 Å². The molecule has 0 radical (unpaired) electrons. The van der Waals surface area contributed by atoms with Gasteiger partial charge in [-0.1, -0.05) is 37.1 Å². The number of rotatable bonds is 2. The van der Waals surface area contributed by atoms with Crippen LogP contribution in [0.25, 0.3) is 10.2 Å². The number of thiazole rings is 1. The second-order valence-electron chi connectivity index (χ2n) is 2.98. The number of hydrogen-bond acceptors (Lipinski definition) is 2. The summed E-state index contributed by atoms with van der Waals surface area (Å²) >= 11 is 7.41. The number of halogens is 1. The van der Waals surface area contributed by atoms with Gasteiger partial charge in [0.15, 0.2) is 4.47 Å². The highest BCUT2D eigenvalue weighted by molar-refractivity contribution is 7.22. The Balaban J connectivity index is 2.60. The minimum Gasteiger partial charge on any atom is -0.225 e. The summed E-state index contributed by atoms with van der Waals surface area (Å²) in [6.07, 6.45) is 2.23. The van der Waals surface area contributed by atoms with Gasteiger partial charge in [0.05, 0.1) is 10.2 Å². The highest BCUT2D eigenvalue weighted by Gasteiger charge is 2.05. The van der Waals surface area contributed by atoms with Crippen molar-refractivity contribution in [3.8, 4) is 0 Å². The van der Waals surface area contributed by atoms with Gasteiger partial charge < -0.3 is 0 Å². The number of aryl methyl sites for hydroxylation is 1. The van der Waals surface area contributed by atoms with Crippen LogP contribution in [0.15, 0.2) is 18.2 Å². The molecule has 13 heavy (non-hydrogen) atoms. The Labute approximate surface area is 86.4 Å². The number of hydrogen-bond donors (Lipinski definition) is 0. The first-order chi connectivity index (χ1) is 6.31. The van der Waals surface area contributed by atoms with E-state index in [4.69, 9.17) is 11.6 Å². The van der Waals surface area contributed by atoms with Gasteiger partial charge in [-0.2, -0.15) is 0 Å². The quantitative estimate of drug-likeness (QED) is 0.734. The van der Waals surface area contributed by atoms with Crippen LogP contribution < -0.4 is 0 Å². The Hall–Kier alpha value is -0.600. The van der Waals surface area contributed by atoms with E-state index in [1.54, 1.807) is 11.3 Å². The Morgan fingerprint density at radius 2 is 2.31 bits per heavy atom. The molecule has 0 amide bonds. The largest absolute Gasteiger partial charge is 0.225 e. The molecule has 1 aromatic carbocycles. The maximum absolute atomic E-state index is 5.86. The predicted molar refractivity (Wildman–Crippen MR) is 58.6 cm³/mol. The molecule has 68 valence electrons. The predicted octanol–water partition coefficient (Wildman–Crippen LogP) is 3.90. The first-order valence-electron chi connectivity index (χ1n) is 4.35. The highest BCUT2D eigenvalue weighted by Crippen LogP contribution is 2.28. The summed E-state index contributed by atoms with van der Waals surface area (Å²) in [7, 11) is 0. The summed E-state index contributed by atoms with van der Waals surface area (Å²) in [5.41, 5.74) is 2.39. The Morgan fingerprint density at radius 1 is 1.46 bits per heavy atom. The van der Waals surface area contributed by atoms with Crippen molar-refractivity contribution in [3.05, 3.63) is 28.2 Å². The van der Waals surface area contributed by atoms with E-state index >= 15 is 0 Å². The summed E-state index contributed by atoms with van der Waals surface area (Å²) in [6.45, 7) is 2.17. The van der Waals surface area contributed by atoms with Gasteiger partial charge in [-0.3, -0.25) is 0 Å². The fraction of sp³-hybridized carbons (Fsp3) is 0.300. The third-order valence-corrected chi connectivity index (χ3v) is 3.12. The topological polar surface area (TPSA) is 12.9 Å². The van der Waals surface area contributed by atoms with E-state index < -0.39 is 0 Å². The fourth-order valence-electron chi connectivity index (χ4n) is 1.45. The highest BCUT2D eigenvalue weighted by atomic mass is 35.5. The van der Waals surface area contributed by atoms with Gasteiger partial charge in [-0.05, 0) is 18.1 Å². The minimum absolute atomic E-state index is 0.638. The van der Waals surface area contributed by atoms with Gasteiger partial charge in [0.1, 0.15) is 0 Å². The molecule has 0 spiro atoms. The van der Waals surface area contributed by atoms with Gasteiger partial charge in [0, 0.05) is 0 Å². The summed E-state index contributed by atoms with van der Waals surface area (Å²) < 4.78 is 1.83. The molecule has 0 fully saturated rings. The molecule has 0 N–H and O–H groups in total. The van der Waals surface area contributed by atoms with Crippen molar-refractivity contribution < 1.29 is 0 Å². The number of para-hydroxylation sites is 1. The minimum atomic E-state index is 0.638. The van der Waals surface area contributed by atoms with E-state index in [0.717, 1.165) is 18.4 Å². The standard InChI is InChI=1S/C10H10ClNS/c1-2-4-7-5-3-6-8-9(7)12-10(11)13-8/h3,5-6H,2,4H2,1H3. The van der Waals surface area contributed by atoms with E-state index in [1.165, 1.54) is 10.3 Å². The lowest BCUT2D eigenvalue weighted by molar-refractivity contribution is 0.927. The lowest BCUT2D eigenvalue weighted by Crippen LogP contribution is -1.84. The smallest absolute Gasteiger partial charge is 0.184 e. The van der Waals surface area contributed by atoms with Crippen molar-refractivity contribution in [2.45, 2.75) is 19.8 Å². The summed E-state index contributed by atoms with van der Waals surface area (Å²) in [5, 5.41) is 0. The maximum atomic E-state index is 5.86. The van der Waals surface area contributed by atoms with Gasteiger partial charge >= 0.3 is 0 Å². The third kappa shape index (κ3) is 1.69. The molecule has 0 bridgehead atoms. The first-order valence-corrected chi connectivity index (χ1v) is 5.54. The van der Waals surface area contributed by atoms with E-state index in [9.17, 15) is 0 Å². The molecule has 2 aromatic rings. The molecule has 0 aliphatic rings. The molecule has 1 heterocycles. The lowest BCUT2D eigenvalue weighted by Gasteiger charge is -1.97. The summed E-state index contributed by atoms with van der Waals surface area (Å²) in [6, 6.07) is 6.27. The van der Waals surface area contributed by atoms with Gasteiger partial charge in [0.2, 0.25) is 0 Å². The molecule has 1 aromatic heterocycles. The van der Waals surface area contributed by atoms with E-state index in [2.05, 4.69) is 30.1 Å². The van der Waals surface area contributed by atoms with Crippen LogP contribution in [0.4, 0.5) is 0 Å². The fourth-order valence-corrected chi connectivity index (χ4v) is 2.52. The SMILES string of the molecule is CCCc1cccc2sc(Cl)nc12. The zero-order chi connectivity index (χ0) is 9.26. The van der Waals surface area contributed by atoms with Gasteiger partial charge in [0.25, 0.3) is 0 Å². The summed E-state index contributed by atoms with van der Waals surface area (Å²) in [5.74, 6) is 0. The second-order valence-corrected chi connectivity index (χ2v) is 4.59. The van der Waals surface area contributed by atoms with Crippen molar-refractivity contribution >= 4 is 33.2 Å². The molecular weight excluding hydrogens is 202 g/mol. The molecule has 0 saturated heterocycles. The van der Waals surface area contributed by atoms with Crippen molar-refractivity contribution in [1.82, 2.24) is 4.98 Å². The number of fused-ring (bicyclic) bond motifs is 1. The van der Waals surface area contributed by atoms with Crippen LogP contribution in [0.2, 0.25) is 4.47 Å². The Kier molecular flexibility index (Phi) is 2.51. The Morgan fingerprint density at radius 3 is 3.08 bits per heavy atom.